The average Bonchev–Trinajstić information content (AvgIpc) is 2.87. The van der Waals surface area contributed by atoms with Gasteiger partial charge in [0.25, 0.3) is 5.91 Å². The summed E-state index contributed by atoms with van der Waals surface area (Å²) in [6, 6.07) is 10.4. The van der Waals surface area contributed by atoms with Crippen LogP contribution < -0.4 is 11.0 Å². The van der Waals surface area contributed by atoms with Gasteiger partial charge in [-0.25, -0.2) is 4.79 Å². The van der Waals surface area contributed by atoms with Gasteiger partial charge in [-0.05, 0) is 31.2 Å². The van der Waals surface area contributed by atoms with Gasteiger partial charge in [-0.1, -0.05) is 30.3 Å². The second kappa shape index (κ2) is 8.97. The van der Waals surface area contributed by atoms with Gasteiger partial charge in [0.1, 0.15) is 5.69 Å². The summed E-state index contributed by atoms with van der Waals surface area (Å²) in [4.78, 5) is 27.7. The maximum absolute atomic E-state index is 12.9. The number of benzene rings is 1. The van der Waals surface area contributed by atoms with Crippen LogP contribution in [0, 0.1) is 0 Å². The van der Waals surface area contributed by atoms with E-state index in [9.17, 15) is 9.59 Å². The highest BCUT2D eigenvalue weighted by molar-refractivity contribution is 5.93. The number of carbonyl (C=O) groups is 1. The first-order valence-electron chi connectivity index (χ1n) is 10.6. The van der Waals surface area contributed by atoms with E-state index >= 15 is 0 Å². The van der Waals surface area contributed by atoms with E-state index in [4.69, 9.17) is 4.74 Å². The SMILES string of the molecule is Cn1c(C(=O)NCC2CN(Cc3ccccc3)CCCO2)c2n(c1=O)CCCC2. The zero-order valence-corrected chi connectivity index (χ0v) is 17.1. The molecule has 2 aromatic rings. The Morgan fingerprint density at radius 2 is 2.00 bits per heavy atom. The number of hydrogen-bond acceptors (Lipinski definition) is 4. The largest absolute Gasteiger partial charge is 0.375 e. The summed E-state index contributed by atoms with van der Waals surface area (Å²) in [7, 11) is 1.69. The fourth-order valence-electron chi connectivity index (χ4n) is 4.41. The van der Waals surface area contributed by atoms with Gasteiger partial charge in [-0.2, -0.15) is 0 Å². The number of nitrogens with one attached hydrogen (secondary N) is 1. The normalized spacial score (nSPS) is 20.1. The molecular weight excluding hydrogens is 368 g/mol. The fraction of sp³-hybridized carbons (Fsp3) is 0.545. The molecule has 1 saturated heterocycles. The number of nitrogens with zero attached hydrogens (tertiary/aromatic N) is 3. The maximum atomic E-state index is 12.9. The Kier molecular flexibility index (Phi) is 6.16. The molecule has 3 heterocycles. The Hall–Kier alpha value is -2.38. The Morgan fingerprint density at radius 3 is 2.83 bits per heavy atom. The highest BCUT2D eigenvalue weighted by Gasteiger charge is 2.26. The minimum atomic E-state index is -0.178. The molecule has 0 spiro atoms. The standard InChI is InChI=1S/C22H30N4O3/c1-24-20(19-10-5-6-12-26(19)22(24)28)21(27)23-14-18-16-25(11-7-13-29-18)15-17-8-3-2-4-9-17/h2-4,8-9,18H,5-7,10-16H2,1H3,(H,23,27). The Bertz CT molecular complexity index is 903. The van der Waals surface area contributed by atoms with Crippen molar-refractivity contribution in [1.82, 2.24) is 19.4 Å². The first-order valence-corrected chi connectivity index (χ1v) is 10.6. The molecule has 0 aliphatic carbocycles. The molecular formula is C22H30N4O3. The minimum Gasteiger partial charge on any atom is -0.375 e. The minimum absolute atomic E-state index is 0.0550. The number of carbonyl (C=O) groups excluding carboxylic acids is 1. The van der Waals surface area contributed by atoms with E-state index in [-0.39, 0.29) is 17.7 Å². The van der Waals surface area contributed by atoms with Gasteiger partial charge in [-0.15, -0.1) is 0 Å². The summed E-state index contributed by atoms with van der Waals surface area (Å²) < 4.78 is 9.22. The fourth-order valence-corrected chi connectivity index (χ4v) is 4.41. The van der Waals surface area contributed by atoms with Gasteiger partial charge in [0.15, 0.2) is 0 Å². The van der Waals surface area contributed by atoms with E-state index in [0.717, 1.165) is 51.0 Å². The molecule has 29 heavy (non-hydrogen) atoms. The number of amides is 1. The number of ether oxygens (including phenoxy) is 1. The molecule has 1 aromatic carbocycles. The number of imidazole rings is 1. The Labute approximate surface area is 171 Å². The van der Waals surface area contributed by atoms with Crippen LogP contribution in [0.1, 0.15) is 41.0 Å². The summed E-state index contributed by atoms with van der Waals surface area (Å²) >= 11 is 0. The summed E-state index contributed by atoms with van der Waals surface area (Å²) in [6.45, 7) is 4.50. The second-order valence-corrected chi connectivity index (χ2v) is 8.02. The second-order valence-electron chi connectivity index (χ2n) is 8.02. The molecule has 1 amide bonds. The topological polar surface area (TPSA) is 68.5 Å². The average molecular weight is 399 g/mol. The molecule has 1 aromatic heterocycles. The highest BCUT2D eigenvalue weighted by atomic mass is 16.5. The van der Waals surface area contributed by atoms with Crippen molar-refractivity contribution in [3.8, 4) is 0 Å². The first-order chi connectivity index (χ1) is 14.1. The lowest BCUT2D eigenvalue weighted by molar-refractivity contribution is 0.0509. The van der Waals surface area contributed by atoms with E-state index in [1.54, 1.807) is 11.6 Å². The summed E-state index contributed by atoms with van der Waals surface area (Å²) in [5, 5.41) is 3.02. The van der Waals surface area contributed by atoms with Gasteiger partial charge in [0.2, 0.25) is 0 Å². The Balaban J connectivity index is 1.39. The molecule has 1 fully saturated rings. The van der Waals surface area contributed by atoms with Crippen LogP contribution in [0.5, 0.6) is 0 Å². The molecule has 1 N–H and O–H groups in total. The smallest absolute Gasteiger partial charge is 0.328 e. The van der Waals surface area contributed by atoms with Crippen molar-refractivity contribution in [1.29, 1.82) is 0 Å². The first kappa shape index (κ1) is 19.9. The molecule has 1 atom stereocenters. The molecule has 7 nitrogen and oxygen atoms in total. The van der Waals surface area contributed by atoms with Crippen LogP contribution in [0.25, 0.3) is 0 Å². The molecule has 0 saturated carbocycles. The third kappa shape index (κ3) is 4.46. The molecule has 7 heteroatoms. The monoisotopic (exact) mass is 398 g/mol. The van der Waals surface area contributed by atoms with E-state index in [1.165, 1.54) is 10.1 Å². The van der Waals surface area contributed by atoms with Crippen LogP contribution in [0.3, 0.4) is 0 Å². The van der Waals surface area contributed by atoms with Gasteiger partial charge >= 0.3 is 5.69 Å². The van der Waals surface area contributed by atoms with Crippen molar-refractivity contribution in [2.24, 2.45) is 7.05 Å². The van der Waals surface area contributed by atoms with Gasteiger partial charge < -0.3 is 10.1 Å². The van der Waals surface area contributed by atoms with Crippen molar-refractivity contribution < 1.29 is 9.53 Å². The molecule has 0 radical (unpaired) electrons. The van der Waals surface area contributed by atoms with Crippen molar-refractivity contribution in [3.05, 3.63) is 57.8 Å². The molecule has 2 aliphatic rings. The highest BCUT2D eigenvalue weighted by Crippen LogP contribution is 2.17. The molecule has 0 bridgehead atoms. The molecule has 1 unspecified atom stereocenters. The third-order valence-electron chi connectivity index (χ3n) is 5.89. The molecule has 156 valence electrons. The van der Waals surface area contributed by atoms with Crippen LogP contribution in [0.4, 0.5) is 0 Å². The summed E-state index contributed by atoms with van der Waals surface area (Å²) in [6.07, 6.45) is 3.72. The lowest BCUT2D eigenvalue weighted by Crippen LogP contribution is -2.40. The quantitative estimate of drug-likeness (QED) is 0.830. The molecule has 2 aliphatic heterocycles. The van der Waals surface area contributed by atoms with Crippen molar-refractivity contribution in [2.75, 3.05) is 26.2 Å². The van der Waals surface area contributed by atoms with Gasteiger partial charge in [0.05, 0.1) is 11.8 Å². The van der Waals surface area contributed by atoms with E-state index < -0.39 is 0 Å². The van der Waals surface area contributed by atoms with Gasteiger partial charge in [0, 0.05) is 46.4 Å². The third-order valence-corrected chi connectivity index (χ3v) is 5.89. The zero-order chi connectivity index (χ0) is 20.2. The molecule has 4 rings (SSSR count). The van der Waals surface area contributed by atoms with Crippen molar-refractivity contribution >= 4 is 5.91 Å². The van der Waals surface area contributed by atoms with Crippen LogP contribution in [-0.4, -0.2) is 52.3 Å². The summed E-state index contributed by atoms with van der Waals surface area (Å²) in [5.41, 5.74) is 2.57. The van der Waals surface area contributed by atoms with Crippen molar-refractivity contribution in [3.63, 3.8) is 0 Å². The number of fused-ring (bicyclic) bond motifs is 1. The van der Waals surface area contributed by atoms with E-state index in [2.05, 4.69) is 34.5 Å². The van der Waals surface area contributed by atoms with Crippen LogP contribution in [-0.2, 0) is 31.3 Å². The predicted molar refractivity (Wildman–Crippen MR) is 111 cm³/mol. The van der Waals surface area contributed by atoms with Gasteiger partial charge in [-0.3, -0.25) is 18.8 Å². The maximum Gasteiger partial charge on any atom is 0.328 e. The van der Waals surface area contributed by atoms with Crippen molar-refractivity contribution in [2.45, 2.75) is 44.9 Å². The Morgan fingerprint density at radius 1 is 1.17 bits per heavy atom. The predicted octanol–water partition coefficient (Wildman–Crippen LogP) is 1.54. The van der Waals surface area contributed by atoms with Crippen LogP contribution in [0.2, 0.25) is 0 Å². The summed E-state index contributed by atoms with van der Waals surface area (Å²) in [5.74, 6) is -0.178. The number of aromatic nitrogens is 2. The number of hydrogen-bond donors (Lipinski definition) is 1. The van der Waals surface area contributed by atoms with Crippen LogP contribution >= 0.6 is 0 Å². The lowest BCUT2D eigenvalue weighted by atomic mass is 10.1. The van der Waals surface area contributed by atoms with E-state index in [0.29, 0.717) is 25.4 Å². The number of rotatable bonds is 5. The zero-order valence-electron chi connectivity index (χ0n) is 17.1. The lowest BCUT2D eigenvalue weighted by Gasteiger charge is -2.24. The van der Waals surface area contributed by atoms with Crippen LogP contribution in [0.15, 0.2) is 35.1 Å². The van der Waals surface area contributed by atoms with E-state index in [1.807, 2.05) is 6.07 Å².